The van der Waals surface area contributed by atoms with Gasteiger partial charge in [0.25, 0.3) is 6.43 Å². The van der Waals surface area contributed by atoms with Crippen LogP contribution in [0.2, 0.25) is 0 Å². The van der Waals surface area contributed by atoms with E-state index >= 15 is 0 Å². The predicted molar refractivity (Wildman–Crippen MR) is 123 cm³/mol. The van der Waals surface area contributed by atoms with E-state index in [1.54, 1.807) is 4.57 Å². The number of alkyl halides is 5. The molecule has 1 aliphatic carbocycles. The van der Waals surface area contributed by atoms with Crippen molar-refractivity contribution >= 4 is 20.9 Å². The number of pyridine rings is 1. The summed E-state index contributed by atoms with van der Waals surface area (Å²) in [4.78, 5) is 3.50. The van der Waals surface area contributed by atoms with E-state index in [9.17, 15) is 30.4 Å². The van der Waals surface area contributed by atoms with Crippen molar-refractivity contribution in [3.63, 3.8) is 0 Å². The number of nitrogens with one attached hydrogen (secondary N) is 1. The molecule has 1 saturated carbocycles. The van der Waals surface area contributed by atoms with Crippen LogP contribution < -0.4 is 4.72 Å². The molecule has 0 spiro atoms. The fraction of sp³-hybridized carbons (Fsp3) is 0.458. The number of halogens is 5. The Balaban J connectivity index is 1.88. The van der Waals surface area contributed by atoms with E-state index in [1.165, 1.54) is 36.5 Å². The summed E-state index contributed by atoms with van der Waals surface area (Å²) in [6.07, 6.45) is -4.32. The highest BCUT2D eigenvalue weighted by atomic mass is 32.2. The zero-order chi connectivity index (χ0) is 25.8. The van der Waals surface area contributed by atoms with Gasteiger partial charge in [0, 0.05) is 41.0 Å². The molecular formula is C24H26F5N3O2S. The van der Waals surface area contributed by atoms with Crippen LogP contribution in [0.5, 0.6) is 0 Å². The molecule has 2 aromatic heterocycles. The average molecular weight is 516 g/mol. The summed E-state index contributed by atoms with van der Waals surface area (Å²) in [5.41, 5.74) is -0.732. The van der Waals surface area contributed by atoms with E-state index in [-0.39, 0.29) is 22.1 Å². The predicted octanol–water partition coefficient (Wildman–Crippen LogP) is 6.16. The number of hydrogen-bond acceptors (Lipinski definition) is 3. The second kappa shape index (κ2) is 8.85. The highest BCUT2D eigenvalue weighted by molar-refractivity contribution is 7.90. The molecule has 1 atom stereocenters. The van der Waals surface area contributed by atoms with Crippen LogP contribution in [0.25, 0.3) is 22.0 Å². The van der Waals surface area contributed by atoms with E-state index < -0.39 is 39.6 Å². The number of rotatable bonds is 7. The maximum absolute atomic E-state index is 14.1. The molecule has 3 aromatic rings. The molecule has 1 aromatic carbocycles. The lowest BCUT2D eigenvalue weighted by Crippen LogP contribution is -2.35. The van der Waals surface area contributed by atoms with Gasteiger partial charge < -0.3 is 4.57 Å². The summed E-state index contributed by atoms with van der Waals surface area (Å²) in [5, 5.41) is -0.330. The Kier molecular flexibility index (Phi) is 6.46. The second-order valence-electron chi connectivity index (χ2n) is 10.1. The maximum Gasteiger partial charge on any atom is 0.433 e. The van der Waals surface area contributed by atoms with Gasteiger partial charge in [-0.15, -0.1) is 0 Å². The Morgan fingerprint density at radius 2 is 1.83 bits per heavy atom. The van der Waals surface area contributed by atoms with Gasteiger partial charge in [-0.05, 0) is 36.0 Å². The molecule has 190 valence electrons. The summed E-state index contributed by atoms with van der Waals surface area (Å²) in [6, 6.07) is 5.31. The first-order chi connectivity index (χ1) is 16.2. The molecule has 11 heteroatoms. The van der Waals surface area contributed by atoms with Gasteiger partial charge in [0.1, 0.15) is 6.04 Å². The standard InChI is InChI=1S/C24H26F5N3O2S/c1-23(2,3)13-32-12-18(20(22(25)26)31-35(33,34)15-7-8-15)17-9-6-14(11-19(17)32)16-5-4-10-30-21(16)24(27,28)29/h4-6,9-12,15,20,22,31H,7-8,13H2,1-3H3/t20-/m0/s1. The highest BCUT2D eigenvalue weighted by Gasteiger charge is 2.40. The molecule has 0 amide bonds. The van der Waals surface area contributed by atoms with Crippen LogP contribution in [-0.2, 0) is 22.7 Å². The van der Waals surface area contributed by atoms with Crippen molar-refractivity contribution in [2.75, 3.05) is 0 Å². The summed E-state index contributed by atoms with van der Waals surface area (Å²) >= 11 is 0. The summed E-state index contributed by atoms with van der Waals surface area (Å²) < 4.78 is 97.7. The van der Waals surface area contributed by atoms with Crippen LogP contribution in [0.4, 0.5) is 22.0 Å². The van der Waals surface area contributed by atoms with Crippen LogP contribution in [0.3, 0.4) is 0 Å². The summed E-state index contributed by atoms with van der Waals surface area (Å²) in [6.45, 7) is 6.18. The zero-order valence-electron chi connectivity index (χ0n) is 19.4. The molecule has 5 nitrogen and oxygen atoms in total. The van der Waals surface area contributed by atoms with Crippen molar-refractivity contribution in [1.29, 1.82) is 0 Å². The van der Waals surface area contributed by atoms with Crippen molar-refractivity contribution in [3.8, 4) is 11.1 Å². The van der Waals surface area contributed by atoms with E-state index in [2.05, 4.69) is 9.71 Å². The van der Waals surface area contributed by atoms with Gasteiger partial charge in [-0.2, -0.15) is 13.2 Å². The number of benzene rings is 1. The molecule has 2 heterocycles. The molecule has 1 fully saturated rings. The molecule has 0 saturated heterocycles. The number of fused-ring (bicyclic) bond motifs is 1. The highest BCUT2D eigenvalue weighted by Crippen LogP contribution is 2.39. The lowest BCUT2D eigenvalue weighted by molar-refractivity contribution is -0.140. The molecule has 1 N–H and O–H groups in total. The van der Waals surface area contributed by atoms with Crippen molar-refractivity contribution in [1.82, 2.24) is 14.3 Å². The summed E-state index contributed by atoms with van der Waals surface area (Å²) in [5.74, 6) is 0. The maximum atomic E-state index is 14.1. The third kappa shape index (κ3) is 5.50. The van der Waals surface area contributed by atoms with Gasteiger partial charge in [0.05, 0.1) is 5.25 Å². The minimum atomic E-state index is -4.67. The van der Waals surface area contributed by atoms with Crippen molar-refractivity contribution in [2.24, 2.45) is 5.41 Å². The topological polar surface area (TPSA) is 64.0 Å². The zero-order valence-corrected chi connectivity index (χ0v) is 20.2. The number of sulfonamides is 1. The summed E-state index contributed by atoms with van der Waals surface area (Å²) in [7, 11) is -3.92. The molecule has 35 heavy (non-hydrogen) atoms. The quantitative estimate of drug-likeness (QED) is 0.384. The lowest BCUT2D eigenvalue weighted by Gasteiger charge is -2.20. The van der Waals surface area contributed by atoms with E-state index in [4.69, 9.17) is 0 Å². The Morgan fingerprint density at radius 1 is 1.14 bits per heavy atom. The van der Waals surface area contributed by atoms with Gasteiger partial charge in [-0.1, -0.05) is 39.0 Å². The van der Waals surface area contributed by atoms with E-state index in [0.29, 0.717) is 30.3 Å². The van der Waals surface area contributed by atoms with Crippen LogP contribution in [0, 0.1) is 5.41 Å². The van der Waals surface area contributed by atoms with Gasteiger partial charge in [0.15, 0.2) is 5.69 Å². The smallest absolute Gasteiger partial charge is 0.347 e. The van der Waals surface area contributed by atoms with Gasteiger partial charge in [0.2, 0.25) is 10.0 Å². The molecule has 0 aliphatic heterocycles. The second-order valence-corrected chi connectivity index (χ2v) is 12.1. The minimum absolute atomic E-state index is 0.0808. The molecule has 0 unspecified atom stereocenters. The van der Waals surface area contributed by atoms with E-state index in [0.717, 1.165) is 6.20 Å². The third-order valence-electron chi connectivity index (χ3n) is 5.79. The minimum Gasteiger partial charge on any atom is -0.347 e. The van der Waals surface area contributed by atoms with Crippen LogP contribution in [0.15, 0.2) is 42.7 Å². The third-order valence-corrected chi connectivity index (χ3v) is 7.72. The van der Waals surface area contributed by atoms with E-state index in [1.807, 2.05) is 20.8 Å². The first-order valence-corrected chi connectivity index (χ1v) is 12.7. The Bertz CT molecular complexity index is 1340. The number of aromatic nitrogens is 2. The van der Waals surface area contributed by atoms with Crippen LogP contribution in [-0.4, -0.2) is 29.6 Å². The average Bonchev–Trinajstić information content (AvgIpc) is 3.55. The van der Waals surface area contributed by atoms with Crippen molar-refractivity contribution < 1.29 is 30.4 Å². The number of nitrogens with zero attached hydrogens (tertiary/aromatic N) is 2. The monoisotopic (exact) mass is 515 g/mol. The SMILES string of the molecule is CC(C)(C)Cn1cc([C@H](NS(=O)(=O)C2CC2)C(F)F)c2ccc(-c3cccnc3C(F)(F)F)cc21. The molecule has 0 radical (unpaired) electrons. The molecule has 1 aliphatic rings. The lowest BCUT2D eigenvalue weighted by atomic mass is 9.96. The van der Waals surface area contributed by atoms with Crippen LogP contribution >= 0.6 is 0 Å². The first-order valence-electron chi connectivity index (χ1n) is 11.1. The van der Waals surface area contributed by atoms with Gasteiger partial charge >= 0.3 is 6.18 Å². The van der Waals surface area contributed by atoms with Gasteiger partial charge in [-0.3, -0.25) is 4.98 Å². The Labute approximate surface area is 200 Å². The Morgan fingerprint density at radius 3 is 2.40 bits per heavy atom. The largest absolute Gasteiger partial charge is 0.433 e. The molecule has 0 bridgehead atoms. The van der Waals surface area contributed by atoms with Crippen LogP contribution in [0.1, 0.15) is 50.9 Å². The molecule has 4 rings (SSSR count). The fourth-order valence-corrected chi connectivity index (χ4v) is 5.68. The Hall–Kier alpha value is -2.53. The first kappa shape index (κ1) is 25.6. The molecular weight excluding hydrogens is 489 g/mol. The van der Waals surface area contributed by atoms with Crippen molar-refractivity contribution in [2.45, 2.75) is 64.1 Å². The van der Waals surface area contributed by atoms with Gasteiger partial charge in [-0.25, -0.2) is 21.9 Å². The number of hydrogen-bond donors (Lipinski definition) is 1. The fourth-order valence-electron chi connectivity index (χ4n) is 4.14. The normalized spacial score (nSPS) is 16.3. The van der Waals surface area contributed by atoms with Crippen molar-refractivity contribution in [3.05, 3.63) is 54.0 Å².